The van der Waals surface area contributed by atoms with Gasteiger partial charge in [-0.3, -0.25) is 0 Å². The molecule has 0 spiro atoms. The highest BCUT2D eigenvalue weighted by Gasteiger charge is 2.21. The molecular formula is C14H20N2O4S. The molecule has 0 saturated heterocycles. The van der Waals surface area contributed by atoms with E-state index < -0.39 is 10.0 Å². The van der Waals surface area contributed by atoms with Crippen molar-refractivity contribution in [3.8, 4) is 0 Å². The zero-order valence-electron chi connectivity index (χ0n) is 12.3. The maximum atomic E-state index is 12.3. The predicted octanol–water partition coefficient (Wildman–Crippen LogP) is 2.16. The molecule has 21 heavy (non-hydrogen) atoms. The van der Waals surface area contributed by atoms with E-state index >= 15 is 0 Å². The van der Waals surface area contributed by atoms with Gasteiger partial charge in [-0.2, -0.15) is 0 Å². The lowest BCUT2D eigenvalue weighted by atomic mass is 10.3. The summed E-state index contributed by atoms with van der Waals surface area (Å²) in [5.41, 5.74) is 0.765. The second kappa shape index (κ2) is 6.46. The van der Waals surface area contributed by atoms with E-state index in [1.165, 1.54) is 12.5 Å². The summed E-state index contributed by atoms with van der Waals surface area (Å²) in [7, 11) is -3.60. The Bertz CT molecular complexity index is 672. The van der Waals surface area contributed by atoms with Crippen LogP contribution in [0.2, 0.25) is 0 Å². The van der Waals surface area contributed by atoms with Crippen molar-refractivity contribution < 1.29 is 17.3 Å². The van der Waals surface area contributed by atoms with Gasteiger partial charge in [0.2, 0.25) is 10.0 Å². The van der Waals surface area contributed by atoms with E-state index in [1.807, 2.05) is 13.8 Å². The molecule has 0 atom stereocenters. The number of nitrogens with one attached hydrogen (secondary N) is 2. The molecule has 0 saturated carbocycles. The van der Waals surface area contributed by atoms with Gasteiger partial charge in [0.25, 0.3) is 0 Å². The van der Waals surface area contributed by atoms with Crippen molar-refractivity contribution in [3.05, 3.63) is 41.7 Å². The second-order valence-electron chi connectivity index (χ2n) is 5.12. The lowest BCUT2D eigenvalue weighted by molar-refractivity contribution is 0.444. The van der Waals surface area contributed by atoms with Gasteiger partial charge in [0, 0.05) is 24.2 Å². The van der Waals surface area contributed by atoms with E-state index in [0.717, 1.165) is 5.56 Å². The van der Waals surface area contributed by atoms with E-state index in [1.54, 1.807) is 19.1 Å². The minimum absolute atomic E-state index is 0.173. The van der Waals surface area contributed by atoms with Crippen LogP contribution in [0.3, 0.4) is 0 Å². The SMILES string of the molecule is Cc1oc(CNC(C)C)cc1S(=O)(=O)NCc1ccoc1. The maximum absolute atomic E-state index is 12.3. The molecule has 7 heteroatoms. The summed E-state index contributed by atoms with van der Waals surface area (Å²) < 4.78 is 37.5. The van der Waals surface area contributed by atoms with Gasteiger partial charge in [0.1, 0.15) is 16.4 Å². The molecule has 2 aromatic rings. The fourth-order valence-electron chi connectivity index (χ4n) is 1.83. The van der Waals surface area contributed by atoms with E-state index in [-0.39, 0.29) is 11.4 Å². The Morgan fingerprint density at radius 1 is 1.29 bits per heavy atom. The summed E-state index contributed by atoms with van der Waals surface area (Å²) in [4.78, 5) is 0.173. The van der Waals surface area contributed by atoms with Gasteiger partial charge in [0.05, 0.1) is 19.1 Å². The van der Waals surface area contributed by atoms with Crippen molar-refractivity contribution >= 4 is 10.0 Å². The first-order valence-electron chi connectivity index (χ1n) is 6.72. The van der Waals surface area contributed by atoms with Crippen LogP contribution in [-0.2, 0) is 23.1 Å². The highest BCUT2D eigenvalue weighted by molar-refractivity contribution is 7.89. The lowest BCUT2D eigenvalue weighted by Crippen LogP contribution is -2.23. The monoisotopic (exact) mass is 312 g/mol. The van der Waals surface area contributed by atoms with Crippen LogP contribution in [0.1, 0.15) is 30.9 Å². The molecule has 0 radical (unpaired) electrons. The highest BCUT2D eigenvalue weighted by Crippen LogP contribution is 2.20. The molecule has 0 unspecified atom stereocenters. The average molecular weight is 312 g/mol. The van der Waals surface area contributed by atoms with Gasteiger partial charge in [0.15, 0.2) is 0 Å². The van der Waals surface area contributed by atoms with E-state index in [9.17, 15) is 8.42 Å². The molecule has 116 valence electrons. The van der Waals surface area contributed by atoms with Crippen LogP contribution in [0, 0.1) is 6.92 Å². The Morgan fingerprint density at radius 2 is 2.05 bits per heavy atom. The number of furan rings is 2. The molecule has 2 aromatic heterocycles. The van der Waals surface area contributed by atoms with Gasteiger partial charge in [-0.1, -0.05) is 13.8 Å². The van der Waals surface area contributed by atoms with Crippen LogP contribution in [0.4, 0.5) is 0 Å². The number of hydrogen-bond acceptors (Lipinski definition) is 5. The first kappa shape index (κ1) is 15.8. The molecule has 0 aliphatic carbocycles. The molecule has 6 nitrogen and oxygen atoms in total. The van der Waals surface area contributed by atoms with E-state index in [2.05, 4.69) is 10.0 Å². The van der Waals surface area contributed by atoms with Crippen molar-refractivity contribution in [2.24, 2.45) is 0 Å². The van der Waals surface area contributed by atoms with Crippen molar-refractivity contribution in [1.29, 1.82) is 0 Å². The van der Waals surface area contributed by atoms with Crippen molar-refractivity contribution in [2.75, 3.05) is 0 Å². The number of sulfonamides is 1. The highest BCUT2D eigenvalue weighted by atomic mass is 32.2. The quantitative estimate of drug-likeness (QED) is 0.818. The topological polar surface area (TPSA) is 84.5 Å². The Balaban J connectivity index is 2.08. The third-order valence-corrected chi connectivity index (χ3v) is 4.45. The molecule has 2 heterocycles. The zero-order chi connectivity index (χ0) is 15.5. The third-order valence-electron chi connectivity index (χ3n) is 2.94. The van der Waals surface area contributed by atoms with Crippen molar-refractivity contribution in [2.45, 2.75) is 44.8 Å². The van der Waals surface area contributed by atoms with E-state index in [4.69, 9.17) is 8.83 Å². The molecule has 0 aromatic carbocycles. The van der Waals surface area contributed by atoms with Crippen LogP contribution in [0.25, 0.3) is 0 Å². The van der Waals surface area contributed by atoms with Crippen LogP contribution >= 0.6 is 0 Å². The van der Waals surface area contributed by atoms with Crippen LogP contribution in [0.15, 0.2) is 38.4 Å². The minimum atomic E-state index is -3.60. The van der Waals surface area contributed by atoms with Gasteiger partial charge in [-0.15, -0.1) is 0 Å². The smallest absolute Gasteiger partial charge is 0.244 e. The number of hydrogen-bond donors (Lipinski definition) is 2. The summed E-state index contributed by atoms with van der Waals surface area (Å²) in [6.45, 7) is 6.35. The van der Waals surface area contributed by atoms with Crippen LogP contribution in [-0.4, -0.2) is 14.5 Å². The fraction of sp³-hybridized carbons (Fsp3) is 0.429. The van der Waals surface area contributed by atoms with Gasteiger partial charge in [-0.05, 0) is 13.0 Å². The first-order chi connectivity index (χ1) is 9.88. The minimum Gasteiger partial charge on any atom is -0.472 e. The van der Waals surface area contributed by atoms with Crippen LogP contribution < -0.4 is 10.0 Å². The summed E-state index contributed by atoms with van der Waals surface area (Å²) in [5, 5.41) is 3.19. The van der Waals surface area contributed by atoms with Gasteiger partial charge < -0.3 is 14.2 Å². The zero-order valence-corrected chi connectivity index (χ0v) is 13.2. The van der Waals surface area contributed by atoms with Crippen molar-refractivity contribution in [3.63, 3.8) is 0 Å². The number of aryl methyl sites for hydroxylation is 1. The molecule has 0 fully saturated rings. The normalized spacial score (nSPS) is 12.2. The Labute approximate surface area is 124 Å². The van der Waals surface area contributed by atoms with Gasteiger partial charge >= 0.3 is 0 Å². The summed E-state index contributed by atoms with van der Waals surface area (Å²) >= 11 is 0. The maximum Gasteiger partial charge on any atom is 0.244 e. The average Bonchev–Trinajstić information content (AvgIpc) is 3.03. The van der Waals surface area contributed by atoms with Crippen LogP contribution in [0.5, 0.6) is 0 Å². The molecule has 0 aliphatic rings. The summed E-state index contributed by atoms with van der Waals surface area (Å²) in [6, 6.07) is 3.57. The summed E-state index contributed by atoms with van der Waals surface area (Å²) in [5.74, 6) is 0.986. The largest absolute Gasteiger partial charge is 0.472 e. The summed E-state index contributed by atoms with van der Waals surface area (Å²) in [6.07, 6.45) is 3.01. The second-order valence-corrected chi connectivity index (χ2v) is 6.86. The Kier molecular flexibility index (Phi) is 4.87. The molecular weight excluding hydrogens is 292 g/mol. The third kappa shape index (κ3) is 4.20. The fourth-order valence-corrected chi connectivity index (χ4v) is 3.05. The number of rotatable bonds is 7. The molecule has 0 aliphatic heterocycles. The Morgan fingerprint density at radius 3 is 2.67 bits per heavy atom. The molecule has 0 amide bonds. The van der Waals surface area contributed by atoms with Crippen molar-refractivity contribution in [1.82, 2.24) is 10.0 Å². The standard InChI is InChI=1S/C14H20N2O4S/c1-10(2)15-8-13-6-14(11(3)20-13)21(17,18)16-7-12-4-5-19-9-12/h4-6,9-10,15-16H,7-8H2,1-3H3. The predicted molar refractivity (Wildman–Crippen MR) is 78.2 cm³/mol. The lowest BCUT2D eigenvalue weighted by Gasteiger charge is -2.04. The van der Waals surface area contributed by atoms with Gasteiger partial charge in [-0.25, -0.2) is 13.1 Å². The molecule has 0 bridgehead atoms. The first-order valence-corrected chi connectivity index (χ1v) is 8.20. The molecule has 2 rings (SSSR count). The molecule has 2 N–H and O–H groups in total. The Hall–Kier alpha value is -1.57. The van der Waals surface area contributed by atoms with E-state index in [0.29, 0.717) is 24.1 Å².